The number of aliphatic hydroxyl groups excluding tert-OH is 8. The van der Waals surface area contributed by atoms with Gasteiger partial charge in [0.15, 0.2) is 12.6 Å². The standard InChI is InChI=1S/C12H22O11/c13-1-3-5(15)6(16)9(19)12(21-3)22-4(2-14)10-7(17)8(18)11(20)23-10/h3-20H,1-2H2/t3-,4+,5-,6+,7+,8+,9+,10+,11+,12-/m0/s1. The van der Waals surface area contributed by atoms with Gasteiger partial charge in [-0.3, -0.25) is 0 Å². The summed E-state index contributed by atoms with van der Waals surface area (Å²) in [5, 5.41) is 76.2. The summed E-state index contributed by atoms with van der Waals surface area (Å²) in [5.74, 6) is 0. The van der Waals surface area contributed by atoms with E-state index in [0.29, 0.717) is 0 Å². The van der Waals surface area contributed by atoms with Crippen molar-refractivity contribution in [2.75, 3.05) is 13.2 Å². The van der Waals surface area contributed by atoms with E-state index in [0.717, 1.165) is 0 Å². The molecule has 0 unspecified atom stereocenters. The number of aliphatic hydroxyl groups is 8. The highest BCUT2D eigenvalue weighted by Gasteiger charge is 2.49. The van der Waals surface area contributed by atoms with Gasteiger partial charge in [-0.05, 0) is 0 Å². The van der Waals surface area contributed by atoms with E-state index in [2.05, 4.69) is 0 Å². The van der Waals surface area contributed by atoms with E-state index in [9.17, 15) is 35.7 Å². The molecule has 0 saturated carbocycles. The van der Waals surface area contributed by atoms with E-state index in [-0.39, 0.29) is 0 Å². The molecule has 2 rings (SSSR count). The predicted molar refractivity (Wildman–Crippen MR) is 68.6 cm³/mol. The van der Waals surface area contributed by atoms with Crippen LogP contribution in [-0.2, 0) is 14.2 Å². The molecule has 2 aliphatic rings. The quantitative estimate of drug-likeness (QED) is 0.238. The van der Waals surface area contributed by atoms with Crippen LogP contribution in [0.25, 0.3) is 0 Å². The summed E-state index contributed by atoms with van der Waals surface area (Å²) in [6.45, 7) is -1.38. The largest absolute Gasteiger partial charge is 0.394 e. The van der Waals surface area contributed by atoms with Crippen molar-refractivity contribution in [3.05, 3.63) is 0 Å². The zero-order valence-corrected chi connectivity index (χ0v) is 12.0. The maximum atomic E-state index is 9.85. The summed E-state index contributed by atoms with van der Waals surface area (Å²) in [6.07, 6.45) is -15.2. The van der Waals surface area contributed by atoms with Crippen LogP contribution < -0.4 is 0 Å². The van der Waals surface area contributed by atoms with Crippen LogP contribution in [-0.4, -0.2) is 115 Å². The van der Waals surface area contributed by atoms with Crippen molar-refractivity contribution < 1.29 is 55.1 Å². The van der Waals surface area contributed by atoms with Crippen molar-refractivity contribution in [1.29, 1.82) is 0 Å². The smallest absolute Gasteiger partial charge is 0.187 e. The molecule has 11 heteroatoms. The molecule has 2 aliphatic heterocycles. The second kappa shape index (κ2) is 7.63. The average Bonchev–Trinajstić information content (AvgIpc) is 2.79. The van der Waals surface area contributed by atoms with Gasteiger partial charge in [-0.1, -0.05) is 0 Å². The van der Waals surface area contributed by atoms with Gasteiger partial charge in [-0.25, -0.2) is 0 Å². The predicted octanol–water partition coefficient (Wildman–Crippen LogP) is -5.40. The molecule has 0 bridgehead atoms. The number of hydrogen-bond donors (Lipinski definition) is 8. The van der Waals surface area contributed by atoms with Gasteiger partial charge in [0.25, 0.3) is 0 Å². The summed E-state index contributed by atoms with van der Waals surface area (Å²) in [5.41, 5.74) is 0. The molecule has 11 nitrogen and oxygen atoms in total. The van der Waals surface area contributed by atoms with Crippen LogP contribution in [0.4, 0.5) is 0 Å². The SMILES string of the molecule is OC[C@@H]1O[C@@H](O[C@H](CO)[C@H]2O[C@@H](O)[C@H](O)[C@H]2O)[C@H](O)[C@H](O)[C@H]1O. The second-order valence-electron chi connectivity index (χ2n) is 5.53. The summed E-state index contributed by atoms with van der Waals surface area (Å²) >= 11 is 0. The second-order valence-corrected chi connectivity index (χ2v) is 5.53. The molecule has 23 heavy (non-hydrogen) atoms. The third-order valence-electron chi connectivity index (χ3n) is 3.98. The van der Waals surface area contributed by atoms with Crippen molar-refractivity contribution in [3.63, 3.8) is 0 Å². The highest BCUT2D eigenvalue weighted by atomic mass is 16.7. The number of rotatable bonds is 5. The van der Waals surface area contributed by atoms with Crippen LogP contribution in [0.3, 0.4) is 0 Å². The first-order chi connectivity index (χ1) is 10.8. The van der Waals surface area contributed by atoms with E-state index >= 15 is 0 Å². The van der Waals surface area contributed by atoms with Crippen molar-refractivity contribution in [3.8, 4) is 0 Å². The van der Waals surface area contributed by atoms with Crippen LogP contribution in [0.2, 0.25) is 0 Å². The maximum absolute atomic E-state index is 9.85. The van der Waals surface area contributed by atoms with E-state index in [4.69, 9.17) is 19.3 Å². The van der Waals surface area contributed by atoms with E-state index in [1.54, 1.807) is 0 Å². The van der Waals surface area contributed by atoms with Crippen LogP contribution >= 0.6 is 0 Å². The molecule has 0 radical (unpaired) electrons. The van der Waals surface area contributed by atoms with Crippen molar-refractivity contribution in [2.45, 2.75) is 61.4 Å². The molecule has 0 spiro atoms. The molecule has 136 valence electrons. The Morgan fingerprint density at radius 3 is 1.91 bits per heavy atom. The molecule has 0 aromatic rings. The summed E-state index contributed by atoms with van der Waals surface area (Å²) in [6, 6.07) is 0. The molecule has 2 fully saturated rings. The van der Waals surface area contributed by atoms with Gasteiger partial charge in [-0.15, -0.1) is 0 Å². The molecule has 0 aromatic carbocycles. The first-order valence-corrected chi connectivity index (χ1v) is 7.08. The first-order valence-electron chi connectivity index (χ1n) is 7.08. The zero-order valence-electron chi connectivity index (χ0n) is 12.0. The minimum Gasteiger partial charge on any atom is -0.394 e. The minimum absolute atomic E-state index is 0.658. The molecule has 0 aliphatic carbocycles. The molecule has 2 saturated heterocycles. The van der Waals surface area contributed by atoms with Gasteiger partial charge in [0.1, 0.15) is 48.8 Å². The normalized spacial score (nSPS) is 49.3. The monoisotopic (exact) mass is 342 g/mol. The maximum Gasteiger partial charge on any atom is 0.187 e. The molecule has 10 atom stereocenters. The Hall–Kier alpha value is -0.440. The Kier molecular flexibility index (Phi) is 6.27. The fraction of sp³-hybridized carbons (Fsp3) is 1.00. The average molecular weight is 342 g/mol. The summed E-state index contributed by atoms with van der Waals surface area (Å²) in [4.78, 5) is 0. The Morgan fingerprint density at radius 2 is 1.43 bits per heavy atom. The van der Waals surface area contributed by atoms with Crippen LogP contribution in [0.1, 0.15) is 0 Å². The molecule has 8 N–H and O–H groups in total. The molecule has 0 aromatic heterocycles. The van der Waals surface area contributed by atoms with Crippen molar-refractivity contribution in [1.82, 2.24) is 0 Å². The Labute approximate surface area is 130 Å². The Balaban J connectivity index is 2.06. The lowest BCUT2D eigenvalue weighted by Gasteiger charge is -2.41. The lowest BCUT2D eigenvalue weighted by molar-refractivity contribution is -0.322. The third-order valence-corrected chi connectivity index (χ3v) is 3.98. The van der Waals surface area contributed by atoms with Crippen molar-refractivity contribution in [2.24, 2.45) is 0 Å². The van der Waals surface area contributed by atoms with Gasteiger partial charge >= 0.3 is 0 Å². The van der Waals surface area contributed by atoms with Gasteiger partial charge in [-0.2, -0.15) is 0 Å². The topological polar surface area (TPSA) is 190 Å². The van der Waals surface area contributed by atoms with Crippen molar-refractivity contribution >= 4 is 0 Å². The fourth-order valence-corrected chi connectivity index (χ4v) is 2.57. The van der Waals surface area contributed by atoms with Gasteiger partial charge in [0.2, 0.25) is 0 Å². The van der Waals surface area contributed by atoms with Crippen LogP contribution in [0.15, 0.2) is 0 Å². The molecular weight excluding hydrogens is 320 g/mol. The Bertz CT molecular complexity index is 380. The first kappa shape index (κ1) is 18.9. The van der Waals surface area contributed by atoms with Gasteiger partial charge in [0, 0.05) is 0 Å². The highest BCUT2D eigenvalue weighted by molar-refractivity contribution is 4.93. The van der Waals surface area contributed by atoms with Gasteiger partial charge < -0.3 is 55.1 Å². The molecular formula is C12H22O11. The van der Waals surface area contributed by atoms with E-state index in [1.807, 2.05) is 0 Å². The van der Waals surface area contributed by atoms with E-state index in [1.165, 1.54) is 0 Å². The van der Waals surface area contributed by atoms with Crippen LogP contribution in [0, 0.1) is 0 Å². The molecule has 2 heterocycles. The lowest BCUT2D eigenvalue weighted by atomic mass is 9.99. The van der Waals surface area contributed by atoms with Gasteiger partial charge in [0.05, 0.1) is 13.2 Å². The minimum atomic E-state index is -1.70. The fourth-order valence-electron chi connectivity index (χ4n) is 2.57. The summed E-state index contributed by atoms with van der Waals surface area (Å²) < 4.78 is 15.2. The summed E-state index contributed by atoms with van der Waals surface area (Å²) in [7, 11) is 0. The zero-order chi connectivity index (χ0) is 17.3. The Morgan fingerprint density at radius 1 is 0.783 bits per heavy atom. The van der Waals surface area contributed by atoms with Crippen LogP contribution in [0.5, 0.6) is 0 Å². The van der Waals surface area contributed by atoms with E-state index < -0.39 is 74.6 Å². The molecule has 0 amide bonds. The lowest BCUT2D eigenvalue weighted by Crippen LogP contribution is -2.60. The third kappa shape index (κ3) is 3.65. The highest BCUT2D eigenvalue weighted by Crippen LogP contribution is 2.28. The number of ether oxygens (including phenoxy) is 3. The number of hydrogen-bond acceptors (Lipinski definition) is 11.